The minimum absolute atomic E-state index is 0.299. The number of hydrogen-bond acceptors (Lipinski definition) is 2. The predicted octanol–water partition coefficient (Wildman–Crippen LogP) is 2.55. The van der Waals surface area contributed by atoms with Gasteiger partial charge in [-0.25, -0.2) is 8.78 Å². The molecule has 0 spiro atoms. The summed E-state index contributed by atoms with van der Waals surface area (Å²) in [6, 6.07) is 4.38. The number of rotatable bonds is 2. The SMILES string of the molecule is Cc1cc(CN2CCc3c(F)ccc(F)c3C2)n[nH]1. The maximum atomic E-state index is 13.8. The lowest BCUT2D eigenvalue weighted by atomic mass is 9.98. The third-order valence-electron chi connectivity index (χ3n) is 3.52. The van der Waals surface area contributed by atoms with Gasteiger partial charge in [0.2, 0.25) is 0 Å². The van der Waals surface area contributed by atoms with Crippen molar-refractivity contribution in [1.82, 2.24) is 15.1 Å². The average molecular weight is 263 g/mol. The smallest absolute Gasteiger partial charge is 0.128 e. The summed E-state index contributed by atoms with van der Waals surface area (Å²) in [5.41, 5.74) is 2.94. The molecule has 1 aliphatic heterocycles. The van der Waals surface area contributed by atoms with E-state index in [1.54, 1.807) is 0 Å². The number of nitrogens with zero attached hydrogens (tertiary/aromatic N) is 2. The van der Waals surface area contributed by atoms with Crippen LogP contribution in [0, 0.1) is 18.6 Å². The Kier molecular flexibility index (Phi) is 3.06. The van der Waals surface area contributed by atoms with Crippen molar-refractivity contribution in [2.75, 3.05) is 6.54 Å². The van der Waals surface area contributed by atoms with E-state index < -0.39 is 0 Å². The largest absolute Gasteiger partial charge is 0.293 e. The van der Waals surface area contributed by atoms with Crippen LogP contribution in [0.3, 0.4) is 0 Å². The Morgan fingerprint density at radius 2 is 2.00 bits per heavy atom. The van der Waals surface area contributed by atoms with Gasteiger partial charge < -0.3 is 0 Å². The normalized spacial score (nSPS) is 15.5. The van der Waals surface area contributed by atoms with E-state index in [1.807, 2.05) is 13.0 Å². The highest BCUT2D eigenvalue weighted by molar-refractivity contribution is 5.32. The number of fused-ring (bicyclic) bond motifs is 1. The molecule has 0 radical (unpaired) electrons. The number of halogens is 2. The minimum Gasteiger partial charge on any atom is -0.293 e. The molecule has 1 aromatic carbocycles. The molecule has 3 rings (SSSR count). The monoisotopic (exact) mass is 263 g/mol. The molecule has 1 aromatic heterocycles. The standard InChI is InChI=1S/C14H15F2N3/c1-9-6-10(18-17-9)7-19-5-4-11-12(8-19)14(16)3-2-13(11)15/h2-3,6H,4-5,7-8H2,1H3,(H,17,18). The van der Waals surface area contributed by atoms with E-state index in [0.29, 0.717) is 30.6 Å². The van der Waals surface area contributed by atoms with Crippen molar-refractivity contribution in [3.8, 4) is 0 Å². The van der Waals surface area contributed by atoms with Crippen molar-refractivity contribution in [1.29, 1.82) is 0 Å². The molecule has 0 atom stereocenters. The molecule has 5 heteroatoms. The van der Waals surface area contributed by atoms with Crippen LogP contribution in [0.4, 0.5) is 8.78 Å². The highest BCUT2D eigenvalue weighted by Crippen LogP contribution is 2.25. The molecule has 2 aromatic rings. The van der Waals surface area contributed by atoms with Gasteiger partial charge >= 0.3 is 0 Å². The molecule has 0 unspecified atom stereocenters. The van der Waals surface area contributed by atoms with Crippen LogP contribution in [0.15, 0.2) is 18.2 Å². The number of aromatic nitrogens is 2. The molecule has 3 nitrogen and oxygen atoms in total. The summed E-state index contributed by atoms with van der Waals surface area (Å²) in [7, 11) is 0. The van der Waals surface area contributed by atoms with E-state index in [-0.39, 0.29) is 11.6 Å². The first-order valence-corrected chi connectivity index (χ1v) is 6.32. The van der Waals surface area contributed by atoms with Crippen LogP contribution in [-0.4, -0.2) is 21.6 Å². The second-order valence-electron chi connectivity index (χ2n) is 4.99. The van der Waals surface area contributed by atoms with Crippen molar-refractivity contribution in [2.45, 2.75) is 26.4 Å². The fourth-order valence-electron chi connectivity index (χ4n) is 2.57. The number of H-pyrrole nitrogens is 1. The van der Waals surface area contributed by atoms with Gasteiger partial charge in [0.05, 0.1) is 5.69 Å². The molecule has 0 amide bonds. The molecular weight excluding hydrogens is 248 g/mol. The zero-order chi connectivity index (χ0) is 13.4. The maximum Gasteiger partial charge on any atom is 0.128 e. The van der Waals surface area contributed by atoms with Crippen LogP contribution in [0.1, 0.15) is 22.5 Å². The third-order valence-corrected chi connectivity index (χ3v) is 3.52. The van der Waals surface area contributed by atoms with Crippen LogP contribution in [0.5, 0.6) is 0 Å². The Balaban J connectivity index is 1.80. The molecule has 0 saturated heterocycles. The Bertz CT molecular complexity index is 607. The van der Waals surface area contributed by atoms with Gasteiger partial charge in [0.1, 0.15) is 11.6 Å². The topological polar surface area (TPSA) is 31.9 Å². The van der Waals surface area contributed by atoms with Crippen molar-refractivity contribution in [3.63, 3.8) is 0 Å². The van der Waals surface area contributed by atoms with E-state index >= 15 is 0 Å². The number of aromatic amines is 1. The first-order valence-electron chi connectivity index (χ1n) is 6.32. The van der Waals surface area contributed by atoms with Crippen molar-refractivity contribution in [2.24, 2.45) is 0 Å². The summed E-state index contributed by atoms with van der Waals surface area (Å²) in [5.74, 6) is -0.619. The van der Waals surface area contributed by atoms with Crippen LogP contribution >= 0.6 is 0 Å². The first-order chi connectivity index (χ1) is 9.13. The van der Waals surface area contributed by atoms with Gasteiger partial charge in [-0.05, 0) is 37.1 Å². The molecule has 100 valence electrons. The van der Waals surface area contributed by atoms with Crippen LogP contribution in [0.25, 0.3) is 0 Å². The third kappa shape index (κ3) is 2.38. The summed E-state index contributed by atoms with van der Waals surface area (Å²) < 4.78 is 27.4. The average Bonchev–Trinajstić information content (AvgIpc) is 2.80. The fraction of sp³-hybridized carbons (Fsp3) is 0.357. The summed E-state index contributed by atoms with van der Waals surface area (Å²) in [5, 5.41) is 7.06. The predicted molar refractivity (Wildman–Crippen MR) is 67.5 cm³/mol. The molecule has 0 bridgehead atoms. The van der Waals surface area contributed by atoms with Gasteiger partial charge in [-0.3, -0.25) is 10.00 Å². The van der Waals surface area contributed by atoms with Crippen LogP contribution < -0.4 is 0 Å². The molecule has 0 saturated carbocycles. The van der Waals surface area contributed by atoms with Gasteiger partial charge in [-0.2, -0.15) is 5.10 Å². The van der Waals surface area contributed by atoms with Gasteiger partial charge in [0.15, 0.2) is 0 Å². The Hall–Kier alpha value is -1.75. The second kappa shape index (κ2) is 4.74. The Morgan fingerprint density at radius 3 is 2.68 bits per heavy atom. The van der Waals surface area contributed by atoms with Crippen molar-refractivity contribution in [3.05, 3.63) is 52.3 Å². The zero-order valence-corrected chi connectivity index (χ0v) is 10.7. The Morgan fingerprint density at radius 1 is 1.26 bits per heavy atom. The molecule has 1 N–H and O–H groups in total. The van der Waals surface area contributed by atoms with E-state index in [1.165, 1.54) is 12.1 Å². The van der Waals surface area contributed by atoms with Crippen molar-refractivity contribution >= 4 is 0 Å². The quantitative estimate of drug-likeness (QED) is 0.903. The van der Waals surface area contributed by atoms with E-state index in [0.717, 1.165) is 17.9 Å². The zero-order valence-electron chi connectivity index (χ0n) is 10.7. The van der Waals surface area contributed by atoms with Gasteiger partial charge in [-0.15, -0.1) is 0 Å². The molecule has 19 heavy (non-hydrogen) atoms. The number of nitrogens with one attached hydrogen (secondary N) is 1. The molecule has 0 fully saturated rings. The molecule has 1 aliphatic rings. The van der Waals surface area contributed by atoms with E-state index in [4.69, 9.17) is 0 Å². The van der Waals surface area contributed by atoms with Gasteiger partial charge in [0.25, 0.3) is 0 Å². The minimum atomic E-state index is -0.320. The molecule has 2 heterocycles. The lowest BCUT2D eigenvalue weighted by Crippen LogP contribution is -2.31. The molecule has 0 aliphatic carbocycles. The van der Waals surface area contributed by atoms with Crippen LogP contribution in [-0.2, 0) is 19.5 Å². The highest BCUT2D eigenvalue weighted by Gasteiger charge is 2.22. The summed E-state index contributed by atoms with van der Waals surface area (Å²) in [6.07, 6.45) is 0.544. The highest BCUT2D eigenvalue weighted by atomic mass is 19.1. The number of hydrogen-bond donors (Lipinski definition) is 1. The lowest BCUT2D eigenvalue weighted by Gasteiger charge is -2.28. The number of benzene rings is 1. The van der Waals surface area contributed by atoms with E-state index in [9.17, 15) is 8.78 Å². The van der Waals surface area contributed by atoms with Crippen LogP contribution in [0.2, 0.25) is 0 Å². The summed E-state index contributed by atoms with van der Waals surface area (Å²) in [6.45, 7) is 3.75. The summed E-state index contributed by atoms with van der Waals surface area (Å²) in [4.78, 5) is 2.08. The first kappa shape index (κ1) is 12.3. The summed E-state index contributed by atoms with van der Waals surface area (Å²) >= 11 is 0. The van der Waals surface area contributed by atoms with E-state index in [2.05, 4.69) is 15.1 Å². The molecular formula is C14H15F2N3. The second-order valence-corrected chi connectivity index (χ2v) is 4.99. The van der Waals surface area contributed by atoms with Crippen molar-refractivity contribution < 1.29 is 8.78 Å². The maximum absolute atomic E-state index is 13.8. The number of aryl methyl sites for hydroxylation is 1. The Labute approximate surface area is 110 Å². The van der Waals surface area contributed by atoms with Gasteiger partial charge in [0, 0.05) is 30.9 Å². The van der Waals surface area contributed by atoms with Gasteiger partial charge in [-0.1, -0.05) is 0 Å². The lowest BCUT2D eigenvalue weighted by molar-refractivity contribution is 0.235. The fourth-order valence-corrected chi connectivity index (χ4v) is 2.57.